The first kappa shape index (κ1) is 19.3. The van der Waals surface area contributed by atoms with Crippen LogP contribution in [-0.2, 0) is 0 Å². The van der Waals surface area contributed by atoms with Gasteiger partial charge in [0.2, 0.25) is 0 Å². The number of anilines is 1. The van der Waals surface area contributed by atoms with Crippen LogP contribution in [0.15, 0.2) is 72.1 Å². The third-order valence-corrected chi connectivity index (χ3v) is 6.30. The van der Waals surface area contributed by atoms with E-state index in [4.69, 9.17) is 0 Å². The van der Waals surface area contributed by atoms with Gasteiger partial charge < -0.3 is 14.9 Å². The van der Waals surface area contributed by atoms with Gasteiger partial charge in [-0.25, -0.2) is 5.01 Å². The van der Waals surface area contributed by atoms with E-state index in [1.165, 1.54) is 11.1 Å². The standard InChI is InChI=1S/C25H25N5O/c1-16-5-7-18(8-6-16)28(2)19-9-10-20-23(13-19)29(3)30(4)25(20)22-14-21-24(27-22)17(15-31)11-12-26-21/h5-15,23,27H,1-4H3. The zero-order valence-corrected chi connectivity index (χ0v) is 18.1. The van der Waals surface area contributed by atoms with Gasteiger partial charge in [0.05, 0.1) is 28.5 Å². The number of H-pyrrole nitrogens is 1. The summed E-state index contributed by atoms with van der Waals surface area (Å²) in [5, 5.41) is 4.37. The molecule has 1 aromatic carbocycles. The summed E-state index contributed by atoms with van der Waals surface area (Å²) in [5.74, 6) is 0. The molecular formula is C25H25N5O. The van der Waals surface area contributed by atoms with E-state index < -0.39 is 0 Å². The van der Waals surface area contributed by atoms with Gasteiger partial charge in [-0.1, -0.05) is 23.8 Å². The molecular weight excluding hydrogens is 386 g/mol. The SMILES string of the molecule is Cc1ccc(N(C)C2=CC3C(=C(c4cc5nccc(C=O)c5[nH]4)N(C)N3C)C=C2)cc1. The minimum atomic E-state index is 0.123. The molecule has 1 aliphatic heterocycles. The highest BCUT2D eigenvalue weighted by Gasteiger charge is 2.35. The number of aromatic nitrogens is 2. The maximum atomic E-state index is 11.4. The van der Waals surface area contributed by atoms with Crippen LogP contribution in [0.25, 0.3) is 16.7 Å². The molecule has 0 spiro atoms. The highest BCUT2D eigenvalue weighted by atomic mass is 16.1. The van der Waals surface area contributed by atoms with Crippen molar-refractivity contribution < 1.29 is 4.79 Å². The second-order valence-corrected chi connectivity index (χ2v) is 8.13. The van der Waals surface area contributed by atoms with Crippen molar-refractivity contribution in [2.24, 2.45) is 0 Å². The van der Waals surface area contributed by atoms with Crippen molar-refractivity contribution in [3.05, 3.63) is 88.9 Å². The van der Waals surface area contributed by atoms with Crippen LogP contribution in [0, 0.1) is 6.92 Å². The number of benzene rings is 1. The van der Waals surface area contributed by atoms with Crippen LogP contribution >= 0.6 is 0 Å². The van der Waals surface area contributed by atoms with Crippen molar-refractivity contribution in [2.45, 2.75) is 13.0 Å². The van der Waals surface area contributed by atoms with Crippen LogP contribution in [0.3, 0.4) is 0 Å². The fourth-order valence-electron chi connectivity index (χ4n) is 4.38. The van der Waals surface area contributed by atoms with Crippen molar-refractivity contribution in [1.29, 1.82) is 0 Å². The number of allylic oxidation sites excluding steroid dienone is 1. The summed E-state index contributed by atoms with van der Waals surface area (Å²) in [5.41, 5.74) is 9.01. The van der Waals surface area contributed by atoms with Crippen LogP contribution in [0.2, 0.25) is 0 Å². The zero-order chi connectivity index (χ0) is 21.7. The lowest BCUT2D eigenvalue weighted by molar-refractivity contribution is 0.0992. The van der Waals surface area contributed by atoms with Crippen molar-refractivity contribution >= 4 is 28.7 Å². The maximum Gasteiger partial charge on any atom is 0.152 e. The zero-order valence-electron chi connectivity index (χ0n) is 18.1. The van der Waals surface area contributed by atoms with Crippen LogP contribution in [-0.4, -0.2) is 53.5 Å². The lowest BCUT2D eigenvalue weighted by atomic mass is 9.98. The summed E-state index contributed by atoms with van der Waals surface area (Å²) in [6.45, 7) is 2.10. The quantitative estimate of drug-likeness (QED) is 0.654. The Morgan fingerprint density at radius 3 is 2.65 bits per heavy atom. The average Bonchev–Trinajstić information content (AvgIpc) is 3.32. The minimum absolute atomic E-state index is 0.123. The van der Waals surface area contributed by atoms with E-state index in [-0.39, 0.29) is 6.04 Å². The Labute approximate surface area is 181 Å². The minimum Gasteiger partial charge on any atom is -0.351 e. The molecule has 3 heterocycles. The molecule has 1 N–H and O–H groups in total. The smallest absolute Gasteiger partial charge is 0.152 e. The van der Waals surface area contributed by atoms with E-state index in [1.807, 2.05) is 6.07 Å². The van der Waals surface area contributed by atoms with Gasteiger partial charge in [-0.3, -0.25) is 9.78 Å². The molecule has 0 radical (unpaired) electrons. The predicted octanol–water partition coefficient (Wildman–Crippen LogP) is 4.15. The Balaban J connectivity index is 1.55. The van der Waals surface area contributed by atoms with Crippen LogP contribution < -0.4 is 4.90 Å². The van der Waals surface area contributed by atoms with Gasteiger partial charge in [0.1, 0.15) is 0 Å². The Morgan fingerprint density at radius 1 is 1.13 bits per heavy atom. The summed E-state index contributed by atoms with van der Waals surface area (Å²) in [6, 6.07) is 12.4. The number of fused-ring (bicyclic) bond motifs is 2. The lowest BCUT2D eigenvalue weighted by Crippen LogP contribution is -2.37. The third kappa shape index (κ3) is 3.07. The van der Waals surface area contributed by atoms with Gasteiger partial charge in [0.25, 0.3) is 0 Å². The third-order valence-electron chi connectivity index (χ3n) is 6.30. The van der Waals surface area contributed by atoms with Crippen molar-refractivity contribution in [3.63, 3.8) is 0 Å². The van der Waals surface area contributed by atoms with Gasteiger partial charge in [0, 0.05) is 49.9 Å². The largest absolute Gasteiger partial charge is 0.351 e. The molecule has 0 saturated heterocycles. The molecule has 3 aromatic rings. The number of hydrogen-bond acceptors (Lipinski definition) is 5. The number of hydrazine groups is 1. The number of likely N-dealkylation sites (N-methyl/N-ethyl adjacent to an activating group) is 2. The summed E-state index contributed by atoms with van der Waals surface area (Å²) >= 11 is 0. The summed E-state index contributed by atoms with van der Waals surface area (Å²) in [6.07, 6.45) is 9.18. The fraction of sp³-hybridized carbons (Fsp3) is 0.200. The average molecular weight is 412 g/mol. The number of rotatable bonds is 4. The van der Waals surface area contributed by atoms with Crippen molar-refractivity contribution in [3.8, 4) is 0 Å². The molecule has 6 heteroatoms. The Bertz CT molecular complexity index is 1260. The van der Waals surface area contributed by atoms with Gasteiger partial charge in [-0.05, 0) is 43.3 Å². The fourth-order valence-corrected chi connectivity index (χ4v) is 4.38. The maximum absolute atomic E-state index is 11.4. The molecule has 1 unspecified atom stereocenters. The second-order valence-electron chi connectivity index (χ2n) is 8.13. The molecule has 0 bridgehead atoms. The number of aromatic amines is 1. The summed E-state index contributed by atoms with van der Waals surface area (Å²) < 4.78 is 0. The molecule has 1 aliphatic carbocycles. The highest BCUT2D eigenvalue weighted by molar-refractivity contribution is 5.96. The number of pyridine rings is 1. The van der Waals surface area contributed by atoms with Crippen LogP contribution in [0.4, 0.5) is 5.69 Å². The normalized spacial score (nSPS) is 18.5. The van der Waals surface area contributed by atoms with Gasteiger partial charge in [-0.2, -0.15) is 0 Å². The molecule has 2 aromatic heterocycles. The molecule has 6 nitrogen and oxygen atoms in total. The first-order valence-electron chi connectivity index (χ1n) is 10.3. The number of nitrogens with one attached hydrogen (secondary N) is 1. The van der Waals surface area contributed by atoms with E-state index in [2.05, 4.69) is 95.4 Å². The van der Waals surface area contributed by atoms with Gasteiger partial charge in [0.15, 0.2) is 6.29 Å². The number of aldehydes is 1. The number of aryl methyl sites for hydroxylation is 1. The first-order valence-corrected chi connectivity index (χ1v) is 10.3. The molecule has 156 valence electrons. The molecule has 1 atom stereocenters. The number of carbonyl (C=O) groups is 1. The predicted molar refractivity (Wildman–Crippen MR) is 125 cm³/mol. The molecule has 2 aliphatic rings. The van der Waals surface area contributed by atoms with Crippen molar-refractivity contribution in [1.82, 2.24) is 20.0 Å². The van der Waals surface area contributed by atoms with E-state index in [9.17, 15) is 4.79 Å². The van der Waals surface area contributed by atoms with Gasteiger partial charge in [-0.15, -0.1) is 0 Å². The number of carbonyl (C=O) groups excluding carboxylic acids is 1. The molecule has 0 saturated carbocycles. The molecule has 0 fully saturated rings. The highest BCUT2D eigenvalue weighted by Crippen LogP contribution is 2.39. The van der Waals surface area contributed by atoms with E-state index in [0.29, 0.717) is 5.56 Å². The Kier molecular flexibility index (Phi) is 4.52. The molecule has 0 amide bonds. The molecule has 5 rings (SSSR count). The Morgan fingerprint density at radius 2 is 1.90 bits per heavy atom. The Hall–Kier alpha value is -3.64. The second kappa shape index (κ2) is 7.25. The van der Waals surface area contributed by atoms with E-state index >= 15 is 0 Å². The lowest BCUT2D eigenvalue weighted by Gasteiger charge is -2.30. The van der Waals surface area contributed by atoms with Crippen LogP contribution in [0.1, 0.15) is 21.6 Å². The number of hydrogen-bond donors (Lipinski definition) is 1. The van der Waals surface area contributed by atoms with E-state index in [1.54, 1.807) is 12.3 Å². The summed E-state index contributed by atoms with van der Waals surface area (Å²) in [4.78, 5) is 21.5. The monoisotopic (exact) mass is 411 g/mol. The first-order chi connectivity index (χ1) is 15.0. The van der Waals surface area contributed by atoms with Crippen LogP contribution in [0.5, 0.6) is 0 Å². The summed E-state index contributed by atoms with van der Waals surface area (Å²) in [7, 11) is 6.25. The number of nitrogens with zero attached hydrogens (tertiary/aromatic N) is 4. The van der Waals surface area contributed by atoms with Gasteiger partial charge >= 0.3 is 0 Å². The van der Waals surface area contributed by atoms with Crippen molar-refractivity contribution in [2.75, 3.05) is 26.0 Å². The topological polar surface area (TPSA) is 55.5 Å². The van der Waals surface area contributed by atoms with E-state index in [0.717, 1.165) is 40.1 Å². The molecule has 31 heavy (non-hydrogen) atoms.